The van der Waals surface area contributed by atoms with Gasteiger partial charge in [-0.15, -0.1) is 11.6 Å². The molecule has 1 aromatic heterocycles. The van der Waals surface area contributed by atoms with Gasteiger partial charge < -0.3 is 5.32 Å². The lowest BCUT2D eigenvalue weighted by Gasteiger charge is -2.10. The van der Waals surface area contributed by atoms with Crippen LogP contribution in [-0.4, -0.2) is 4.98 Å². The number of pyridine rings is 1. The summed E-state index contributed by atoms with van der Waals surface area (Å²) in [5.74, 6) is 1.31. The molecule has 88 valence electrons. The first-order chi connectivity index (χ1) is 8.20. The fraction of sp³-hybridized carbons (Fsp3) is 0.154. The summed E-state index contributed by atoms with van der Waals surface area (Å²) in [4.78, 5) is 4.31. The highest BCUT2D eigenvalue weighted by Gasteiger charge is 2.03. The molecule has 1 heterocycles. The van der Waals surface area contributed by atoms with Crippen molar-refractivity contribution in [1.29, 1.82) is 0 Å². The van der Waals surface area contributed by atoms with Crippen molar-refractivity contribution in [3.05, 3.63) is 52.1 Å². The number of anilines is 2. The predicted molar refractivity (Wildman–Crippen MR) is 76.0 cm³/mol. The molecule has 0 amide bonds. The average molecular weight is 312 g/mol. The van der Waals surface area contributed by atoms with Gasteiger partial charge in [0.25, 0.3) is 0 Å². The quantitative estimate of drug-likeness (QED) is 0.836. The summed E-state index contributed by atoms with van der Waals surface area (Å²) in [7, 11) is 0. The standard InChI is InChI=1S/C13H12BrClN2/c1-9-6-13(16-8-11(9)14)17-12-5-3-2-4-10(12)7-15/h2-6,8H,7H2,1H3,(H,16,17). The van der Waals surface area contributed by atoms with Gasteiger partial charge in [0.15, 0.2) is 0 Å². The Kier molecular flexibility index (Phi) is 4.02. The zero-order valence-electron chi connectivity index (χ0n) is 9.37. The second-order valence-corrected chi connectivity index (χ2v) is 4.86. The summed E-state index contributed by atoms with van der Waals surface area (Å²) in [6.45, 7) is 2.03. The van der Waals surface area contributed by atoms with Gasteiger partial charge in [-0.2, -0.15) is 0 Å². The largest absolute Gasteiger partial charge is 0.340 e. The van der Waals surface area contributed by atoms with Crippen molar-refractivity contribution in [3.63, 3.8) is 0 Å². The molecule has 0 atom stereocenters. The third kappa shape index (κ3) is 2.99. The number of hydrogen-bond acceptors (Lipinski definition) is 2. The first-order valence-electron chi connectivity index (χ1n) is 5.23. The second kappa shape index (κ2) is 5.52. The number of halogens is 2. The SMILES string of the molecule is Cc1cc(Nc2ccccc2CCl)ncc1Br. The zero-order chi connectivity index (χ0) is 12.3. The van der Waals surface area contributed by atoms with E-state index in [1.54, 1.807) is 6.20 Å². The molecule has 1 N–H and O–H groups in total. The minimum absolute atomic E-state index is 0.485. The summed E-state index contributed by atoms with van der Waals surface area (Å²) in [6, 6.07) is 9.94. The normalized spacial score (nSPS) is 10.3. The van der Waals surface area contributed by atoms with Crippen molar-refractivity contribution >= 4 is 39.0 Å². The number of para-hydroxylation sites is 1. The minimum Gasteiger partial charge on any atom is -0.340 e. The van der Waals surface area contributed by atoms with Gasteiger partial charge in [0.2, 0.25) is 0 Å². The number of aryl methyl sites for hydroxylation is 1. The van der Waals surface area contributed by atoms with E-state index in [4.69, 9.17) is 11.6 Å². The van der Waals surface area contributed by atoms with Crippen molar-refractivity contribution < 1.29 is 0 Å². The predicted octanol–water partition coefficient (Wildman–Crippen LogP) is 4.63. The smallest absolute Gasteiger partial charge is 0.130 e. The molecular weight excluding hydrogens is 300 g/mol. The van der Waals surface area contributed by atoms with Gasteiger partial charge in [0.1, 0.15) is 5.82 Å². The van der Waals surface area contributed by atoms with Crippen LogP contribution in [0.5, 0.6) is 0 Å². The van der Waals surface area contributed by atoms with Gasteiger partial charge >= 0.3 is 0 Å². The third-order valence-corrected chi connectivity index (χ3v) is 3.59. The minimum atomic E-state index is 0.485. The van der Waals surface area contributed by atoms with Gasteiger partial charge in [-0.25, -0.2) is 4.98 Å². The molecule has 2 aromatic rings. The molecule has 0 unspecified atom stereocenters. The summed E-state index contributed by atoms with van der Waals surface area (Å²) in [6.07, 6.45) is 1.79. The Morgan fingerprint density at radius 1 is 1.35 bits per heavy atom. The Bertz CT molecular complexity index is 529. The molecule has 2 rings (SSSR count). The highest BCUT2D eigenvalue weighted by molar-refractivity contribution is 9.10. The van der Waals surface area contributed by atoms with Crippen LogP contribution in [0.25, 0.3) is 0 Å². The lowest BCUT2D eigenvalue weighted by Crippen LogP contribution is -1.97. The number of alkyl halides is 1. The number of rotatable bonds is 3. The molecule has 2 nitrogen and oxygen atoms in total. The van der Waals surface area contributed by atoms with E-state index in [0.717, 1.165) is 27.1 Å². The third-order valence-electron chi connectivity index (χ3n) is 2.47. The van der Waals surface area contributed by atoms with Crippen LogP contribution >= 0.6 is 27.5 Å². The van der Waals surface area contributed by atoms with Crippen molar-refractivity contribution in [2.24, 2.45) is 0 Å². The van der Waals surface area contributed by atoms with E-state index in [1.807, 2.05) is 37.3 Å². The monoisotopic (exact) mass is 310 g/mol. The first kappa shape index (κ1) is 12.4. The van der Waals surface area contributed by atoms with Crippen LogP contribution in [0.1, 0.15) is 11.1 Å². The molecule has 4 heteroatoms. The first-order valence-corrected chi connectivity index (χ1v) is 6.56. The number of nitrogens with one attached hydrogen (secondary N) is 1. The molecular formula is C13H12BrClN2. The second-order valence-electron chi connectivity index (χ2n) is 3.73. The van der Waals surface area contributed by atoms with Crippen LogP contribution in [0.3, 0.4) is 0 Å². The van der Waals surface area contributed by atoms with E-state index >= 15 is 0 Å². The van der Waals surface area contributed by atoms with Crippen LogP contribution in [-0.2, 0) is 5.88 Å². The van der Waals surface area contributed by atoms with E-state index in [0.29, 0.717) is 5.88 Å². The van der Waals surface area contributed by atoms with Gasteiger partial charge in [-0.3, -0.25) is 0 Å². The Labute approximate surface area is 114 Å². The zero-order valence-corrected chi connectivity index (χ0v) is 11.7. The van der Waals surface area contributed by atoms with Crippen LogP contribution in [0.15, 0.2) is 41.0 Å². The van der Waals surface area contributed by atoms with Gasteiger partial charge in [0.05, 0.1) is 0 Å². The molecule has 1 aromatic carbocycles. The van der Waals surface area contributed by atoms with Crippen molar-refractivity contribution in [1.82, 2.24) is 4.98 Å². The molecule has 0 bridgehead atoms. The lowest BCUT2D eigenvalue weighted by molar-refractivity contribution is 1.24. The van der Waals surface area contributed by atoms with Gasteiger partial charge in [-0.1, -0.05) is 18.2 Å². The molecule has 0 aliphatic rings. The molecule has 0 saturated carbocycles. The number of benzene rings is 1. The van der Waals surface area contributed by atoms with E-state index in [9.17, 15) is 0 Å². The summed E-state index contributed by atoms with van der Waals surface area (Å²) < 4.78 is 1.01. The van der Waals surface area contributed by atoms with Crippen molar-refractivity contribution in [3.8, 4) is 0 Å². The van der Waals surface area contributed by atoms with Crippen LogP contribution < -0.4 is 5.32 Å². The maximum Gasteiger partial charge on any atom is 0.130 e. The van der Waals surface area contributed by atoms with Crippen LogP contribution in [0, 0.1) is 6.92 Å². The van der Waals surface area contributed by atoms with Crippen molar-refractivity contribution in [2.75, 3.05) is 5.32 Å². The maximum absolute atomic E-state index is 5.89. The van der Waals surface area contributed by atoms with Gasteiger partial charge in [-0.05, 0) is 46.1 Å². The van der Waals surface area contributed by atoms with E-state index in [1.165, 1.54) is 0 Å². The molecule has 0 radical (unpaired) electrons. The highest BCUT2D eigenvalue weighted by Crippen LogP contribution is 2.23. The Hall–Kier alpha value is -1.06. The molecule has 0 aliphatic heterocycles. The summed E-state index contributed by atoms with van der Waals surface area (Å²) in [5.41, 5.74) is 3.21. The lowest BCUT2D eigenvalue weighted by atomic mass is 10.2. The van der Waals surface area contributed by atoms with E-state index < -0.39 is 0 Å². The van der Waals surface area contributed by atoms with E-state index in [2.05, 4.69) is 26.2 Å². The molecule has 17 heavy (non-hydrogen) atoms. The molecule has 0 aliphatic carbocycles. The fourth-order valence-corrected chi connectivity index (χ4v) is 1.95. The van der Waals surface area contributed by atoms with Crippen LogP contribution in [0.2, 0.25) is 0 Å². The fourth-order valence-electron chi connectivity index (χ4n) is 1.50. The maximum atomic E-state index is 5.89. The average Bonchev–Trinajstić information content (AvgIpc) is 2.34. The van der Waals surface area contributed by atoms with E-state index in [-0.39, 0.29) is 0 Å². The Balaban J connectivity index is 2.28. The topological polar surface area (TPSA) is 24.9 Å². The number of hydrogen-bond donors (Lipinski definition) is 1. The number of aromatic nitrogens is 1. The van der Waals surface area contributed by atoms with Crippen molar-refractivity contribution in [2.45, 2.75) is 12.8 Å². The Morgan fingerprint density at radius 3 is 2.82 bits per heavy atom. The molecule has 0 saturated heterocycles. The molecule has 0 spiro atoms. The highest BCUT2D eigenvalue weighted by atomic mass is 79.9. The van der Waals surface area contributed by atoms with Crippen LogP contribution in [0.4, 0.5) is 11.5 Å². The number of nitrogens with zero attached hydrogens (tertiary/aromatic N) is 1. The summed E-state index contributed by atoms with van der Waals surface area (Å²) in [5, 5.41) is 3.28. The Morgan fingerprint density at radius 2 is 2.12 bits per heavy atom. The van der Waals surface area contributed by atoms with Gasteiger partial charge in [0, 0.05) is 22.2 Å². The summed E-state index contributed by atoms with van der Waals surface area (Å²) >= 11 is 9.32. The molecule has 0 fully saturated rings.